The molecule has 1 amide bonds. The molecule has 1 saturated heterocycles. The van der Waals surface area contributed by atoms with E-state index in [0.717, 1.165) is 19.0 Å². The van der Waals surface area contributed by atoms with Gasteiger partial charge in [0, 0.05) is 25.3 Å². The smallest absolute Gasteiger partial charge is 0.288 e. The van der Waals surface area contributed by atoms with Crippen LogP contribution in [0.3, 0.4) is 0 Å². The van der Waals surface area contributed by atoms with E-state index in [-0.39, 0.29) is 35.6 Å². The maximum Gasteiger partial charge on any atom is 0.288 e. The molecular formula is C13H18N4O4. The first-order valence-electron chi connectivity index (χ1n) is 6.86. The van der Waals surface area contributed by atoms with Crippen molar-refractivity contribution in [1.82, 2.24) is 9.88 Å². The maximum absolute atomic E-state index is 12.5. The number of carbonyl (C=O) groups excluding carboxylic acids is 1. The van der Waals surface area contributed by atoms with E-state index >= 15 is 0 Å². The number of pyridine rings is 1. The summed E-state index contributed by atoms with van der Waals surface area (Å²) in [6, 6.07) is 1.22. The highest BCUT2D eigenvalue weighted by atomic mass is 16.6. The van der Waals surface area contributed by atoms with E-state index in [1.165, 1.54) is 6.07 Å². The van der Waals surface area contributed by atoms with Gasteiger partial charge in [-0.2, -0.15) is 0 Å². The Bertz CT molecular complexity index is 549. The van der Waals surface area contributed by atoms with Crippen LogP contribution in [0, 0.1) is 10.1 Å². The number of nitrogen functional groups attached to an aromatic ring is 1. The molecule has 0 radical (unpaired) electrons. The Morgan fingerprint density at radius 3 is 3.05 bits per heavy atom. The number of aromatic nitrogens is 1. The van der Waals surface area contributed by atoms with Gasteiger partial charge in [0.2, 0.25) is 0 Å². The molecule has 1 atom stereocenters. The second kappa shape index (κ2) is 6.49. The first kappa shape index (κ1) is 15.2. The molecule has 0 aromatic carbocycles. The summed E-state index contributed by atoms with van der Waals surface area (Å²) in [6.45, 7) is 0.677. The molecule has 114 valence electrons. The second-order valence-corrected chi connectivity index (χ2v) is 5.04. The summed E-state index contributed by atoms with van der Waals surface area (Å²) < 4.78 is 0. The van der Waals surface area contributed by atoms with Gasteiger partial charge in [0.15, 0.2) is 0 Å². The van der Waals surface area contributed by atoms with E-state index in [0.29, 0.717) is 19.4 Å². The minimum Gasteiger partial charge on any atom is -0.396 e. The second-order valence-electron chi connectivity index (χ2n) is 5.04. The fourth-order valence-corrected chi connectivity index (χ4v) is 2.62. The van der Waals surface area contributed by atoms with Crippen molar-refractivity contribution in [3.63, 3.8) is 0 Å². The third-order valence-corrected chi connectivity index (χ3v) is 3.68. The number of anilines is 1. The van der Waals surface area contributed by atoms with E-state index in [2.05, 4.69) is 4.98 Å². The number of hydrogen-bond acceptors (Lipinski definition) is 6. The zero-order valence-electron chi connectivity index (χ0n) is 11.6. The summed E-state index contributed by atoms with van der Waals surface area (Å²) in [4.78, 5) is 28.1. The van der Waals surface area contributed by atoms with Crippen molar-refractivity contribution in [3.8, 4) is 0 Å². The van der Waals surface area contributed by atoms with E-state index < -0.39 is 4.92 Å². The average Bonchev–Trinajstić information content (AvgIpc) is 2.93. The number of aliphatic hydroxyl groups excluding tert-OH is 1. The van der Waals surface area contributed by atoms with Gasteiger partial charge in [0.05, 0.1) is 10.5 Å². The molecule has 2 heterocycles. The third-order valence-electron chi connectivity index (χ3n) is 3.68. The lowest BCUT2D eigenvalue weighted by Gasteiger charge is -2.24. The molecule has 1 fully saturated rings. The highest BCUT2D eigenvalue weighted by Gasteiger charge is 2.31. The minimum atomic E-state index is -0.601. The number of hydrogen-bond donors (Lipinski definition) is 2. The zero-order chi connectivity index (χ0) is 15.4. The van der Waals surface area contributed by atoms with Crippen molar-refractivity contribution in [1.29, 1.82) is 0 Å². The van der Waals surface area contributed by atoms with Gasteiger partial charge in [-0.3, -0.25) is 14.9 Å². The highest BCUT2D eigenvalue weighted by Crippen LogP contribution is 2.26. The Kier molecular flexibility index (Phi) is 4.69. The van der Waals surface area contributed by atoms with Crippen molar-refractivity contribution >= 4 is 17.4 Å². The van der Waals surface area contributed by atoms with Crippen molar-refractivity contribution in [2.24, 2.45) is 0 Å². The normalized spacial score (nSPS) is 18.0. The Balaban J connectivity index is 2.22. The van der Waals surface area contributed by atoms with Crippen molar-refractivity contribution in [2.75, 3.05) is 18.9 Å². The van der Waals surface area contributed by atoms with Crippen molar-refractivity contribution < 1.29 is 14.8 Å². The van der Waals surface area contributed by atoms with Crippen LogP contribution in [0.25, 0.3) is 0 Å². The van der Waals surface area contributed by atoms with E-state index in [9.17, 15) is 14.9 Å². The van der Waals surface area contributed by atoms with Gasteiger partial charge in [-0.15, -0.1) is 0 Å². The number of amides is 1. The molecule has 1 aromatic heterocycles. The Morgan fingerprint density at radius 2 is 2.38 bits per heavy atom. The number of nitrogens with zero attached hydrogens (tertiary/aromatic N) is 3. The largest absolute Gasteiger partial charge is 0.396 e. The van der Waals surface area contributed by atoms with Gasteiger partial charge in [0.1, 0.15) is 12.0 Å². The zero-order valence-corrected chi connectivity index (χ0v) is 11.6. The molecule has 0 spiro atoms. The summed E-state index contributed by atoms with van der Waals surface area (Å²) in [5.74, 6) is -0.331. The lowest BCUT2D eigenvalue weighted by Crippen LogP contribution is -2.36. The van der Waals surface area contributed by atoms with Crippen LogP contribution in [0.15, 0.2) is 12.3 Å². The average molecular weight is 294 g/mol. The molecule has 0 saturated carbocycles. The van der Waals surface area contributed by atoms with Crippen LogP contribution in [0.2, 0.25) is 0 Å². The summed E-state index contributed by atoms with van der Waals surface area (Å²) in [5.41, 5.74) is 5.50. The number of rotatable bonds is 5. The summed E-state index contributed by atoms with van der Waals surface area (Å²) in [6.07, 6.45) is 4.12. The topological polar surface area (TPSA) is 123 Å². The molecule has 8 heteroatoms. The van der Waals surface area contributed by atoms with E-state index in [4.69, 9.17) is 10.8 Å². The fourth-order valence-electron chi connectivity index (χ4n) is 2.62. The molecule has 0 aliphatic carbocycles. The molecule has 3 N–H and O–H groups in total. The van der Waals surface area contributed by atoms with Crippen LogP contribution in [0.5, 0.6) is 0 Å². The van der Waals surface area contributed by atoms with Crippen LogP contribution in [0.1, 0.15) is 36.0 Å². The molecule has 1 aliphatic rings. The third kappa shape index (κ3) is 3.27. The Morgan fingerprint density at radius 1 is 1.62 bits per heavy atom. The first-order valence-corrected chi connectivity index (χ1v) is 6.86. The predicted molar refractivity (Wildman–Crippen MR) is 75.7 cm³/mol. The molecule has 2 rings (SSSR count). The number of nitrogens with two attached hydrogens (primary N) is 1. The van der Waals surface area contributed by atoms with Crippen LogP contribution in [0.4, 0.5) is 11.5 Å². The lowest BCUT2D eigenvalue weighted by atomic mass is 10.1. The molecule has 1 aliphatic heterocycles. The van der Waals surface area contributed by atoms with Crippen LogP contribution in [-0.4, -0.2) is 45.0 Å². The Hall–Kier alpha value is -2.22. The van der Waals surface area contributed by atoms with Gasteiger partial charge in [-0.25, -0.2) is 4.98 Å². The van der Waals surface area contributed by atoms with Crippen LogP contribution >= 0.6 is 0 Å². The molecular weight excluding hydrogens is 276 g/mol. The summed E-state index contributed by atoms with van der Waals surface area (Å²) in [7, 11) is 0. The number of likely N-dealkylation sites (tertiary alicyclic amines) is 1. The quantitative estimate of drug-likeness (QED) is 0.615. The Labute approximate surface area is 121 Å². The first-order chi connectivity index (χ1) is 10.0. The van der Waals surface area contributed by atoms with Crippen molar-refractivity contribution in [2.45, 2.75) is 31.7 Å². The van der Waals surface area contributed by atoms with Crippen LogP contribution in [-0.2, 0) is 0 Å². The van der Waals surface area contributed by atoms with Gasteiger partial charge in [0.25, 0.3) is 11.6 Å². The standard InChI is InChI=1S/C13H18N4O4/c14-12-11(7-10(8-15-12)17(20)21)13(19)16-5-1-3-9(16)4-2-6-18/h7-9,18H,1-6H2,(H2,14,15). The molecule has 21 heavy (non-hydrogen) atoms. The van der Waals surface area contributed by atoms with Gasteiger partial charge in [-0.05, 0) is 25.7 Å². The molecule has 0 bridgehead atoms. The number of aliphatic hydroxyl groups is 1. The summed E-state index contributed by atoms with van der Waals surface area (Å²) >= 11 is 0. The van der Waals surface area contributed by atoms with Gasteiger partial charge in [-0.1, -0.05) is 0 Å². The highest BCUT2D eigenvalue weighted by molar-refractivity contribution is 5.99. The maximum atomic E-state index is 12.5. The monoisotopic (exact) mass is 294 g/mol. The molecule has 8 nitrogen and oxygen atoms in total. The molecule has 1 aromatic rings. The van der Waals surface area contributed by atoms with Crippen LogP contribution < -0.4 is 5.73 Å². The SMILES string of the molecule is Nc1ncc([N+](=O)[O-])cc1C(=O)N1CCCC1CCCO. The van der Waals surface area contributed by atoms with Crippen molar-refractivity contribution in [3.05, 3.63) is 27.9 Å². The number of carbonyl (C=O) groups is 1. The minimum absolute atomic E-state index is 0.00147. The van der Waals surface area contributed by atoms with Gasteiger partial charge >= 0.3 is 0 Å². The van der Waals surface area contributed by atoms with E-state index in [1.807, 2.05) is 0 Å². The predicted octanol–water partition coefficient (Wildman–Crippen LogP) is 0.949. The lowest BCUT2D eigenvalue weighted by molar-refractivity contribution is -0.385. The number of nitro groups is 1. The van der Waals surface area contributed by atoms with E-state index in [1.54, 1.807) is 4.90 Å². The molecule has 1 unspecified atom stereocenters. The summed E-state index contributed by atoms with van der Waals surface area (Å²) in [5, 5.41) is 19.7. The fraction of sp³-hybridized carbons (Fsp3) is 0.538. The van der Waals surface area contributed by atoms with Gasteiger partial charge < -0.3 is 15.7 Å².